The van der Waals surface area contributed by atoms with Crippen molar-refractivity contribution in [3.05, 3.63) is 52.8 Å². The molecule has 4 atom stereocenters. The zero-order chi connectivity index (χ0) is 19.0. The van der Waals surface area contributed by atoms with Crippen LogP contribution in [0.5, 0.6) is 5.75 Å². The molecule has 0 saturated carbocycles. The van der Waals surface area contributed by atoms with E-state index in [9.17, 15) is 13.8 Å². The van der Waals surface area contributed by atoms with Crippen LogP contribution in [0.2, 0.25) is 0 Å². The number of anilines is 1. The third-order valence-corrected chi connectivity index (χ3v) is 5.78. The van der Waals surface area contributed by atoms with Crippen molar-refractivity contribution >= 4 is 13.6 Å². The highest BCUT2D eigenvalue weighted by Crippen LogP contribution is 2.53. The molecule has 2 fully saturated rings. The van der Waals surface area contributed by atoms with Crippen molar-refractivity contribution in [2.75, 3.05) is 18.9 Å². The lowest BCUT2D eigenvalue weighted by atomic mass is 10.0. The van der Waals surface area contributed by atoms with Crippen molar-refractivity contribution in [2.45, 2.75) is 18.8 Å². The number of benzene rings is 1. The zero-order valence-electron chi connectivity index (χ0n) is 14.1. The standard InChI is InChI=1S/C16H17FN3O6P/c17-12-7-20(16(21)19-15(12)18)14-6-10-8-23-27(22,24-9-13(10)25-14)26-11-4-2-1-3-5-11/h1-5,7,10,13-14H,6,8-9H2,(H2,18,19,21)/t10?,13?,14-,27?/m1/s1. The summed E-state index contributed by atoms with van der Waals surface area (Å²) in [4.78, 5) is 15.4. The number of phosphoric acid groups is 1. The Morgan fingerprint density at radius 3 is 2.78 bits per heavy atom. The van der Waals surface area contributed by atoms with Gasteiger partial charge >= 0.3 is 13.5 Å². The Labute approximate surface area is 153 Å². The predicted molar refractivity (Wildman–Crippen MR) is 91.5 cm³/mol. The number of nitrogens with two attached hydrogens (primary N) is 1. The molecule has 2 aliphatic heterocycles. The number of fused-ring (bicyclic) bond motifs is 1. The second-order valence-electron chi connectivity index (χ2n) is 6.23. The van der Waals surface area contributed by atoms with Gasteiger partial charge in [0.1, 0.15) is 12.0 Å². The van der Waals surface area contributed by atoms with Gasteiger partial charge in [0, 0.05) is 12.3 Å². The van der Waals surface area contributed by atoms with Crippen LogP contribution in [-0.4, -0.2) is 28.9 Å². The molecule has 2 aliphatic rings. The van der Waals surface area contributed by atoms with Crippen molar-refractivity contribution in [3.8, 4) is 5.75 Å². The Kier molecular flexibility index (Phi) is 4.73. The van der Waals surface area contributed by atoms with Crippen molar-refractivity contribution in [1.29, 1.82) is 0 Å². The summed E-state index contributed by atoms with van der Waals surface area (Å²) in [5.74, 6) is -1.12. The molecule has 0 aliphatic carbocycles. The number of nitrogens with zero attached hydrogens (tertiary/aromatic N) is 2. The third-order valence-electron chi connectivity index (χ3n) is 4.41. The molecule has 0 amide bonds. The minimum atomic E-state index is -3.79. The molecule has 1 aromatic carbocycles. The molecule has 3 heterocycles. The van der Waals surface area contributed by atoms with E-state index in [0.29, 0.717) is 12.2 Å². The van der Waals surface area contributed by atoms with E-state index in [1.165, 1.54) is 0 Å². The van der Waals surface area contributed by atoms with Crippen molar-refractivity contribution < 1.29 is 27.3 Å². The van der Waals surface area contributed by atoms with Crippen LogP contribution in [0.4, 0.5) is 10.2 Å². The minimum absolute atomic E-state index is 0.0465. The minimum Gasteiger partial charge on any atom is -0.404 e. The molecule has 2 saturated heterocycles. The van der Waals surface area contributed by atoms with Crippen LogP contribution < -0.4 is 15.9 Å². The second kappa shape index (κ2) is 7.05. The summed E-state index contributed by atoms with van der Waals surface area (Å²) in [7, 11) is -3.79. The first-order chi connectivity index (χ1) is 12.9. The summed E-state index contributed by atoms with van der Waals surface area (Å²) in [6, 6.07) is 8.55. The van der Waals surface area contributed by atoms with Gasteiger partial charge in [-0.15, -0.1) is 0 Å². The summed E-state index contributed by atoms with van der Waals surface area (Å²) in [5.41, 5.74) is 4.58. The molecule has 0 radical (unpaired) electrons. The fraction of sp³-hybridized carbons (Fsp3) is 0.375. The molecule has 1 aromatic heterocycles. The quantitative estimate of drug-likeness (QED) is 0.783. The average molecular weight is 397 g/mol. The van der Waals surface area contributed by atoms with Gasteiger partial charge in [0.05, 0.1) is 25.5 Å². The van der Waals surface area contributed by atoms with Crippen LogP contribution in [-0.2, 0) is 18.3 Å². The molecule has 3 unspecified atom stereocenters. The Morgan fingerprint density at radius 1 is 1.26 bits per heavy atom. The van der Waals surface area contributed by atoms with Gasteiger partial charge in [-0.05, 0) is 12.1 Å². The highest BCUT2D eigenvalue weighted by molar-refractivity contribution is 7.48. The lowest BCUT2D eigenvalue weighted by Crippen LogP contribution is -2.29. The first kappa shape index (κ1) is 18.1. The van der Waals surface area contributed by atoms with Crippen LogP contribution in [0.1, 0.15) is 12.6 Å². The molecule has 27 heavy (non-hydrogen) atoms. The van der Waals surface area contributed by atoms with Gasteiger partial charge < -0.3 is 15.0 Å². The van der Waals surface area contributed by atoms with E-state index in [2.05, 4.69) is 4.98 Å². The van der Waals surface area contributed by atoms with Crippen LogP contribution in [0.25, 0.3) is 0 Å². The van der Waals surface area contributed by atoms with Crippen molar-refractivity contribution in [2.24, 2.45) is 5.92 Å². The van der Waals surface area contributed by atoms with Crippen LogP contribution >= 0.6 is 7.82 Å². The number of ether oxygens (including phenoxy) is 1. The lowest BCUT2D eigenvalue weighted by molar-refractivity contribution is -0.0262. The van der Waals surface area contributed by atoms with E-state index in [4.69, 9.17) is 24.0 Å². The number of phosphoric ester groups is 1. The topological polar surface area (TPSA) is 115 Å². The Balaban J connectivity index is 1.46. The van der Waals surface area contributed by atoms with E-state index in [0.717, 1.165) is 10.8 Å². The molecule has 2 aromatic rings. The number of hydrogen-bond acceptors (Lipinski definition) is 8. The number of hydrogen-bond donors (Lipinski definition) is 1. The van der Waals surface area contributed by atoms with Gasteiger partial charge in [-0.2, -0.15) is 4.98 Å². The molecule has 11 heteroatoms. The summed E-state index contributed by atoms with van der Waals surface area (Å²) in [5, 5.41) is 0. The second-order valence-corrected chi connectivity index (χ2v) is 7.83. The summed E-state index contributed by atoms with van der Waals surface area (Å²) in [6.45, 7) is -0.00414. The van der Waals surface area contributed by atoms with Crippen molar-refractivity contribution in [3.63, 3.8) is 0 Å². The fourth-order valence-electron chi connectivity index (χ4n) is 3.03. The van der Waals surface area contributed by atoms with Gasteiger partial charge in [0.25, 0.3) is 0 Å². The van der Waals surface area contributed by atoms with E-state index in [1.54, 1.807) is 30.3 Å². The van der Waals surface area contributed by atoms with Gasteiger partial charge in [-0.3, -0.25) is 13.6 Å². The van der Waals surface area contributed by atoms with E-state index in [1.807, 2.05) is 0 Å². The molecule has 144 valence electrons. The number of halogens is 1. The summed E-state index contributed by atoms with van der Waals surface area (Å²) >= 11 is 0. The Bertz CT molecular complexity index is 919. The maximum atomic E-state index is 13.7. The fourth-order valence-corrected chi connectivity index (χ4v) is 4.29. The molecular formula is C16H17FN3O6P. The van der Waals surface area contributed by atoms with E-state index in [-0.39, 0.29) is 19.1 Å². The number of aromatic nitrogens is 2. The SMILES string of the molecule is Nc1nc(=O)n([C@H]2CC3COP(=O)(Oc4ccccc4)OCC3O2)cc1F. The molecule has 2 N–H and O–H groups in total. The summed E-state index contributed by atoms with van der Waals surface area (Å²) in [6.07, 6.45) is 0.0724. The largest absolute Gasteiger partial charge is 0.530 e. The molecule has 9 nitrogen and oxygen atoms in total. The van der Waals surface area contributed by atoms with E-state index < -0.39 is 37.5 Å². The lowest BCUT2D eigenvalue weighted by Gasteiger charge is -2.18. The zero-order valence-corrected chi connectivity index (χ0v) is 15.0. The number of rotatable bonds is 3. The van der Waals surface area contributed by atoms with Gasteiger partial charge in [-0.25, -0.2) is 13.8 Å². The molecule has 4 rings (SSSR count). The number of nitrogen functional groups attached to an aromatic ring is 1. The smallest absolute Gasteiger partial charge is 0.404 e. The number of para-hydroxylation sites is 1. The van der Waals surface area contributed by atoms with Gasteiger partial charge in [0.2, 0.25) is 0 Å². The maximum absolute atomic E-state index is 13.7. The highest BCUT2D eigenvalue weighted by atomic mass is 31.2. The first-order valence-corrected chi connectivity index (χ1v) is 9.73. The van der Waals surface area contributed by atoms with E-state index >= 15 is 0 Å². The Hall–Kier alpha value is -2.26. The van der Waals surface area contributed by atoms with Crippen LogP contribution in [0, 0.1) is 11.7 Å². The average Bonchev–Trinajstić information content (AvgIpc) is 2.99. The normalized spacial score (nSPS) is 30.5. The first-order valence-electron chi connectivity index (χ1n) is 8.27. The predicted octanol–water partition coefficient (Wildman–Crippen LogP) is 2.10. The summed E-state index contributed by atoms with van der Waals surface area (Å²) < 4.78 is 49.3. The monoisotopic (exact) mass is 397 g/mol. The Morgan fingerprint density at radius 2 is 2.00 bits per heavy atom. The third kappa shape index (κ3) is 3.74. The maximum Gasteiger partial charge on any atom is 0.530 e. The van der Waals surface area contributed by atoms with Crippen molar-refractivity contribution in [1.82, 2.24) is 9.55 Å². The highest BCUT2D eigenvalue weighted by Gasteiger charge is 2.44. The van der Waals surface area contributed by atoms with Gasteiger partial charge in [0.15, 0.2) is 11.6 Å². The van der Waals surface area contributed by atoms with Crippen LogP contribution in [0.3, 0.4) is 0 Å². The molecule has 0 bridgehead atoms. The van der Waals surface area contributed by atoms with Crippen LogP contribution in [0.15, 0.2) is 41.3 Å². The molecule has 0 spiro atoms. The van der Waals surface area contributed by atoms with Gasteiger partial charge in [-0.1, -0.05) is 18.2 Å². The molecular weight excluding hydrogens is 380 g/mol.